The number of hydrogen-bond donors (Lipinski definition) is 0. The summed E-state index contributed by atoms with van der Waals surface area (Å²) >= 11 is 0. The van der Waals surface area contributed by atoms with Gasteiger partial charge in [-0.1, -0.05) is 32.8 Å². The third-order valence-corrected chi connectivity index (χ3v) is 2.17. The Kier molecular flexibility index (Phi) is 6.73. The van der Waals surface area contributed by atoms with E-state index in [-0.39, 0.29) is 0 Å². The first-order valence-corrected chi connectivity index (χ1v) is 4.84. The van der Waals surface area contributed by atoms with Gasteiger partial charge in [0.05, 0.1) is 0 Å². The molecule has 0 aromatic rings. The third kappa shape index (κ3) is 4.32. The van der Waals surface area contributed by atoms with E-state index >= 15 is 0 Å². The molecule has 0 aliphatic rings. The van der Waals surface area contributed by atoms with Crippen LogP contribution in [0.5, 0.6) is 0 Å². The predicted octanol–water partition coefficient (Wildman–Crippen LogP) is 3.46. The second kappa shape index (κ2) is 7.08. The van der Waals surface area contributed by atoms with E-state index in [1.807, 2.05) is 13.3 Å². The van der Waals surface area contributed by atoms with Crippen molar-refractivity contribution in [2.45, 2.75) is 40.0 Å². The van der Waals surface area contributed by atoms with Gasteiger partial charge in [-0.15, -0.1) is 0 Å². The molecule has 1 atom stereocenters. The Bertz CT molecular complexity index is 156. The molecule has 1 unspecified atom stereocenters. The molecule has 0 N–H and O–H groups in total. The first-order valence-electron chi connectivity index (χ1n) is 4.84. The number of hydrogen-bond acceptors (Lipinski definition) is 1. The minimum absolute atomic E-state index is 0.665. The van der Waals surface area contributed by atoms with Gasteiger partial charge in [0, 0.05) is 13.3 Å². The number of unbranched alkanes of at least 4 members (excludes halogenated alkanes) is 1. The van der Waals surface area contributed by atoms with Crippen molar-refractivity contribution in [1.82, 2.24) is 0 Å². The molecular weight excluding hydrogens is 146 g/mol. The molecule has 1 heteroatoms. The lowest BCUT2D eigenvalue weighted by molar-refractivity contribution is 0.586. The molecule has 0 bridgehead atoms. The van der Waals surface area contributed by atoms with E-state index in [4.69, 9.17) is 0 Å². The van der Waals surface area contributed by atoms with E-state index < -0.39 is 0 Å². The standard InChI is InChI=1S/C11H21N/c1-5-7-8-10(3)11(6-2)9-12-4/h6,9-10H,5,7-8H2,1-4H3/b11-6+,12-9?. The SMILES string of the molecule is C/C=C(\C=NC)C(C)CCCC. The van der Waals surface area contributed by atoms with Gasteiger partial charge >= 0.3 is 0 Å². The Morgan fingerprint density at radius 1 is 1.50 bits per heavy atom. The molecule has 1 nitrogen and oxygen atoms in total. The fourth-order valence-electron chi connectivity index (χ4n) is 1.31. The summed E-state index contributed by atoms with van der Waals surface area (Å²) < 4.78 is 0. The van der Waals surface area contributed by atoms with Gasteiger partial charge in [0.15, 0.2) is 0 Å². The number of aliphatic imine (C=N–C) groups is 1. The lowest BCUT2D eigenvalue weighted by atomic mass is 9.96. The van der Waals surface area contributed by atoms with Crippen molar-refractivity contribution in [1.29, 1.82) is 0 Å². The largest absolute Gasteiger partial charge is 0.296 e. The van der Waals surface area contributed by atoms with Crippen molar-refractivity contribution in [3.05, 3.63) is 11.6 Å². The quantitative estimate of drug-likeness (QED) is 0.556. The zero-order valence-electron chi connectivity index (χ0n) is 8.80. The second-order valence-electron chi connectivity index (χ2n) is 3.22. The van der Waals surface area contributed by atoms with Crippen molar-refractivity contribution in [2.24, 2.45) is 10.9 Å². The molecule has 0 radical (unpaired) electrons. The van der Waals surface area contributed by atoms with Crippen LogP contribution < -0.4 is 0 Å². The number of nitrogens with zero attached hydrogens (tertiary/aromatic N) is 1. The van der Waals surface area contributed by atoms with Crippen LogP contribution in [0, 0.1) is 5.92 Å². The average molecular weight is 167 g/mol. The van der Waals surface area contributed by atoms with Gasteiger partial charge in [-0.2, -0.15) is 0 Å². The molecular formula is C11H21N. The van der Waals surface area contributed by atoms with Crippen LogP contribution in [0.15, 0.2) is 16.6 Å². The van der Waals surface area contributed by atoms with Crippen LogP contribution in [-0.2, 0) is 0 Å². The van der Waals surface area contributed by atoms with Crippen LogP contribution in [0.3, 0.4) is 0 Å². The van der Waals surface area contributed by atoms with Crippen LogP contribution in [0.1, 0.15) is 40.0 Å². The van der Waals surface area contributed by atoms with Crippen LogP contribution in [-0.4, -0.2) is 13.3 Å². The Morgan fingerprint density at radius 2 is 2.17 bits per heavy atom. The highest BCUT2D eigenvalue weighted by molar-refractivity contribution is 5.78. The Labute approximate surface area is 76.6 Å². The molecule has 0 aliphatic carbocycles. The molecule has 12 heavy (non-hydrogen) atoms. The van der Waals surface area contributed by atoms with E-state index in [0.717, 1.165) is 0 Å². The van der Waals surface area contributed by atoms with Crippen LogP contribution in [0.25, 0.3) is 0 Å². The van der Waals surface area contributed by atoms with Crippen LogP contribution >= 0.6 is 0 Å². The third-order valence-electron chi connectivity index (χ3n) is 2.17. The van der Waals surface area contributed by atoms with Crippen LogP contribution in [0.2, 0.25) is 0 Å². The molecule has 0 saturated heterocycles. The summed E-state index contributed by atoms with van der Waals surface area (Å²) in [5, 5.41) is 0. The summed E-state index contributed by atoms with van der Waals surface area (Å²) in [5.74, 6) is 0.665. The van der Waals surface area contributed by atoms with Crippen LogP contribution in [0.4, 0.5) is 0 Å². The van der Waals surface area contributed by atoms with E-state index in [2.05, 4.69) is 31.8 Å². The Morgan fingerprint density at radius 3 is 2.58 bits per heavy atom. The molecule has 0 amide bonds. The van der Waals surface area contributed by atoms with E-state index in [1.54, 1.807) is 0 Å². The summed E-state index contributed by atoms with van der Waals surface area (Å²) in [7, 11) is 1.83. The number of allylic oxidation sites excluding steroid dienone is 2. The molecule has 0 heterocycles. The normalized spacial score (nSPS) is 15.5. The van der Waals surface area contributed by atoms with E-state index in [9.17, 15) is 0 Å². The maximum absolute atomic E-state index is 4.04. The smallest absolute Gasteiger partial charge is 0.0277 e. The van der Waals surface area contributed by atoms with Gasteiger partial charge < -0.3 is 0 Å². The maximum Gasteiger partial charge on any atom is 0.0277 e. The van der Waals surface area contributed by atoms with Crippen molar-refractivity contribution in [2.75, 3.05) is 7.05 Å². The summed E-state index contributed by atoms with van der Waals surface area (Å²) in [6, 6.07) is 0. The Hall–Kier alpha value is -0.590. The number of rotatable bonds is 5. The lowest BCUT2D eigenvalue weighted by Gasteiger charge is -2.10. The minimum Gasteiger partial charge on any atom is -0.296 e. The lowest BCUT2D eigenvalue weighted by Crippen LogP contribution is -2.00. The summed E-state index contributed by atoms with van der Waals surface area (Å²) in [5.41, 5.74) is 1.37. The van der Waals surface area contributed by atoms with Gasteiger partial charge in [-0.05, 0) is 24.8 Å². The molecule has 0 spiro atoms. The van der Waals surface area contributed by atoms with Gasteiger partial charge in [-0.3, -0.25) is 4.99 Å². The average Bonchev–Trinajstić information content (AvgIpc) is 2.10. The minimum atomic E-state index is 0.665. The van der Waals surface area contributed by atoms with E-state index in [1.165, 1.54) is 24.8 Å². The highest BCUT2D eigenvalue weighted by Gasteiger charge is 2.03. The molecule has 70 valence electrons. The Balaban J connectivity index is 3.95. The summed E-state index contributed by atoms with van der Waals surface area (Å²) in [6.45, 7) is 6.59. The van der Waals surface area contributed by atoms with Gasteiger partial charge in [0.1, 0.15) is 0 Å². The maximum atomic E-state index is 4.04. The molecule has 0 saturated carbocycles. The molecule has 0 fully saturated rings. The zero-order valence-corrected chi connectivity index (χ0v) is 8.80. The highest BCUT2D eigenvalue weighted by atomic mass is 14.6. The first kappa shape index (κ1) is 11.4. The fourth-order valence-corrected chi connectivity index (χ4v) is 1.31. The van der Waals surface area contributed by atoms with E-state index in [0.29, 0.717) is 5.92 Å². The van der Waals surface area contributed by atoms with Gasteiger partial charge in [-0.25, -0.2) is 0 Å². The molecule has 0 aliphatic heterocycles. The molecule has 0 aromatic carbocycles. The van der Waals surface area contributed by atoms with Gasteiger partial charge in [0.2, 0.25) is 0 Å². The first-order chi connectivity index (χ1) is 5.76. The second-order valence-corrected chi connectivity index (χ2v) is 3.22. The molecule has 0 aromatic heterocycles. The van der Waals surface area contributed by atoms with Crippen molar-refractivity contribution < 1.29 is 0 Å². The topological polar surface area (TPSA) is 12.4 Å². The zero-order chi connectivity index (χ0) is 9.40. The van der Waals surface area contributed by atoms with Gasteiger partial charge in [0.25, 0.3) is 0 Å². The van der Waals surface area contributed by atoms with Crippen molar-refractivity contribution >= 4 is 6.21 Å². The summed E-state index contributed by atoms with van der Waals surface area (Å²) in [4.78, 5) is 4.04. The fraction of sp³-hybridized carbons (Fsp3) is 0.727. The predicted molar refractivity (Wildman–Crippen MR) is 56.9 cm³/mol. The van der Waals surface area contributed by atoms with Crippen molar-refractivity contribution in [3.8, 4) is 0 Å². The summed E-state index contributed by atoms with van der Waals surface area (Å²) in [6.07, 6.45) is 8.01. The molecule has 0 rings (SSSR count). The van der Waals surface area contributed by atoms with Crippen molar-refractivity contribution in [3.63, 3.8) is 0 Å². The monoisotopic (exact) mass is 167 g/mol. The highest BCUT2D eigenvalue weighted by Crippen LogP contribution is 2.15.